The van der Waals surface area contributed by atoms with Gasteiger partial charge in [0.1, 0.15) is 5.56 Å². The van der Waals surface area contributed by atoms with Crippen LogP contribution in [0, 0.1) is 0 Å². The van der Waals surface area contributed by atoms with Gasteiger partial charge in [0.2, 0.25) is 5.82 Å². The van der Waals surface area contributed by atoms with E-state index in [1.165, 1.54) is 15.4 Å². The van der Waals surface area contributed by atoms with Crippen LogP contribution in [-0.2, 0) is 19.5 Å². The fourth-order valence-electron chi connectivity index (χ4n) is 4.46. The molecule has 1 aromatic carbocycles. The van der Waals surface area contributed by atoms with Gasteiger partial charge >= 0.3 is 11.7 Å². The maximum absolute atomic E-state index is 13.6. The SMILES string of the molecule is CCCCc1cn(-c2c(C(=O)O)cnn2CC)c(=O)n1Cc1ccc(-c2ccccc2-c2nn[nH]n2)nc1. The lowest BCUT2D eigenvalue weighted by Crippen LogP contribution is -2.27. The summed E-state index contributed by atoms with van der Waals surface area (Å²) in [6.07, 6.45) is 7.30. The summed E-state index contributed by atoms with van der Waals surface area (Å²) in [6.45, 7) is 4.67. The molecule has 5 aromatic rings. The quantitative estimate of drug-likeness (QED) is 0.289. The first-order valence-corrected chi connectivity index (χ1v) is 12.4. The highest BCUT2D eigenvalue weighted by molar-refractivity contribution is 5.91. The van der Waals surface area contributed by atoms with Crippen molar-refractivity contribution in [1.29, 1.82) is 0 Å². The van der Waals surface area contributed by atoms with Crippen molar-refractivity contribution in [1.82, 2.24) is 44.5 Å². The molecule has 0 bridgehead atoms. The maximum atomic E-state index is 13.6. The van der Waals surface area contributed by atoms with E-state index in [9.17, 15) is 14.7 Å². The second kappa shape index (κ2) is 10.6. The summed E-state index contributed by atoms with van der Waals surface area (Å²) < 4.78 is 4.60. The molecule has 0 saturated carbocycles. The van der Waals surface area contributed by atoms with E-state index in [2.05, 4.69) is 37.6 Å². The number of aromatic nitrogens is 9. The van der Waals surface area contributed by atoms with Crippen molar-refractivity contribution in [2.45, 2.75) is 46.2 Å². The Morgan fingerprint density at radius 3 is 2.55 bits per heavy atom. The van der Waals surface area contributed by atoms with Crippen molar-refractivity contribution in [2.24, 2.45) is 0 Å². The van der Waals surface area contributed by atoms with Gasteiger partial charge < -0.3 is 5.11 Å². The number of aryl methyl sites for hydroxylation is 2. The molecule has 0 spiro atoms. The number of benzene rings is 1. The monoisotopic (exact) mass is 513 g/mol. The molecule has 0 radical (unpaired) electrons. The van der Waals surface area contributed by atoms with E-state index in [0.29, 0.717) is 25.3 Å². The zero-order valence-corrected chi connectivity index (χ0v) is 21.1. The molecule has 0 unspecified atom stereocenters. The smallest absolute Gasteiger partial charge is 0.341 e. The van der Waals surface area contributed by atoms with Crippen molar-refractivity contribution in [2.75, 3.05) is 0 Å². The first kappa shape index (κ1) is 24.8. The van der Waals surface area contributed by atoms with Crippen LogP contribution in [-0.4, -0.2) is 55.6 Å². The molecular formula is C26H27N9O3. The zero-order valence-electron chi connectivity index (χ0n) is 21.1. The molecule has 4 heterocycles. The lowest BCUT2D eigenvalue weighted by molar-refractivity contribution is 0.0696. The predicted molar refractivity (Wildman–Crippen MR) is 139 cm³/mol. The number of imidazole rings is 1. The summed E-state index contributed by atoms with van der Waals surface area (Å²) in [6, 6.07) is 11.5. The van der Waals surface area contributed by atoms with Gasteiger partial charge in [0.15, 0.2) is 5.82 Å². The number of aromatic amines is 1. The van der Waals surface area contributed by atoms with Gasteiger partial charge in [-0.3, -0.25) is 14.1 Å². The van der Waals surface area contributed by atoms with Crippen LogP contribution in [0.25, 0.3) is 28.5 Å². The van der Waals surface area contributed by atoms with Crippen LogP contribution in [0.3, 0.4) is 0 Å². The Hall–Kier alpha value is -4.87. The molecule has 0 aliphatic carbocycles. The first-order valence-electron chi connectivity index (χ1n) is 12.4. The van der Waals surface area contributed by atoms with E-state index in [4.69, 9.17) is 0 Å². The lowest BCUT2D eigenvalue weighted by Gasteiger charge is -2.09. The topological polar surface area (TPSA) is 149 Å². The largest absolute Gasteiger partial charge is 0.477 e. The van der Waals surface area contributed by atoms with Crippen molar-refractivity contribution in [3.05, 3.63) is 82.3 Å². The molecule has 0 amide bonds. The van der Waals surface area contributed by atoms with E-state index >= 15 is 0 Å². The number of carboxylic acid groups (broad SMARTS) is 1. The number of tetrazole rings is 1. The molecule has 0 aliphatic rings. The second-order valence-corrected chi connectivity index (χ2v) is 8.80. The van der Waals surface area contributed by atoms with Gasteiger partial charge in [0.05, 0.1) is 18.4 Å². The summed E-state index contributed by atoms with van der Waals surface area (Å²) in [4.78, 5) is 30.1. The van der Waals surface area contributed by atoms with Crippen LogP contribution >= 0.6 is 0 Å². The summed E-state index contributed by atoms with van der Waals surface area (Å²) in [5.74, 6) is -0.393. The van der Waals surface area contributed by atoms with Crippen molar-refractivity contribution >= 4 is 5.97 Å². The number of unbranched alkanes of at least 4 members (excludes halogenated alkanes) is 1. The van der Waals surface area contributed by atoms with Gasteiger partial charge in [-0.1, -0.05) is 43.7 Å². The minimum absolute atomic E-state index is 0.0144. The number of hydrogen-bond donors (Lipinski definition) is 2. The van der Waals surface area contributed by atoms with Crippen LogP contribution in [0.2, 0.25) is 0 Å². The van der Waals surface area contributed by atoms with Crippen LogP contribution in [0.1, 0.15) is 48.3 Å². The molecule has 194 valence electrons. The Labute approximate surface area is 217 Å². The Morgan fingerprint density at radius 1 is 1.08 bits per heavy atom. The number of H-pyrrole nitrogens is 1. The third kappa shape index (κ3) is 4.63. The highest BCUT2D eigenvalue weighted by Gasteiger charge is 2.22. The fourth-order valence-corrected chi connectivity index (χ4v) is 4.46. The third-order valence-electron chi connectivity index (χ3n) is 6.37. The summed E-state index contributed by atoms with van der Waals surface area (Å²) in [5, 5.41) is 28.1. The summed E-state index contributed by atoms with van der Waals surface area (Å²) >= 11 is 0. The minimum atomic E-state index is -1.13. The van der Waals surface area contributed by atoms with Gasteiger partial charge in [0.25, 0.3) is 0 Å². The van der Waals surface area contributed by atoms with Crippen LogP contribution in [0.5, 0.6) is 0 Å². The average Bonchev–Trinajstić information content (AvgIpc) is 3.68. The minimum Gasteiger partial charge on any atom is -0.477 e. The van der Waals surface area contributed by atoms with Gasteiger partial charge in [0, 0.05) is 35.8 Å². The number of rotatable bonds is 10. The normalized spacial score (nSPS) is 11.2. The molecule has 5 rings (SSSR count). The fraction of sp³-hybridized carbons (Fsp3) is 0.269. The van der Waals surface area contributed by atoms with E-state index in [1.54, 1.807) is 17.0 Å². The molecule has 0 atom stereocenters. The Bertz CT molecular complexity index is 1610. The number of carboxylic acids is 1. The predicted octanol–water partition coefficient (Wildman–Crippen LogP) is 3.19. The highest BCUT2D eigenvalue weighted by Crippen LogP contribution is 2.28. The van der Waals surface area contributed by atoms with E-state index in [-0.39, 0.29) is 17.1 Å². The molecular weight excluding hydrogens is 486 g/mol. The van der Waals surface area contributed by atoms with E-state index in [0.717, 1.165) is 40.9 Å². The number of nitrogens with one attached hydrogen (secondary N) is 1. The Kier molecular flexibility index (Phi) is 6.94. The van der Waals surface area contributed by atoms with Gasteiger partial charge in [-0.2, -0.15) is 10.3 Å². The maximum Gasteiger partial charge on any atom is 0.341 e. The third-order valence-corrected chi connectivity index (χ3v) is 6.37. The highest BCUT2D eigenvalue weighted by atomic mass is 16.4. The first-order chi connectivity index (χ1) is 18.5. The Balaban J connectivity index is 1.51. The lowest BCUT2D eigenvalue weighted by atomic mass is 10.0. The van der Waals surface area contributed by atoms with Crippen LogP contribution in [0.4, 0.5) is 0 Å². The van der Waals surface area contributed by atoms with Crippen molar-refractivity contribution in [3.8, 4) is 28.5 Å². The number of hydrogen-bond acceptors (Lipinski definition) is 7. The summed E-state index contributed by atoms with van der Waals surface area (Å²) in [7, 11) is 0. The van der Waals surface area contributed by atoms with Gasteiger partial charge in [-0.25, -0.2) is 14.3 Å². The van der Waals surface area contributed by atoms with Gasteiger partial charge in [-0.05, 0) is 36.6 Å². The molecule has 12 nitrogen and oxygen atoms in total. The van der Waals surface area contributed by atoms with Crippen LogP contribution in [0.15, 0.2) is 59.8 Å². The van der Waals surface area contributed by atoms with Crippen molar-refractivity contribution in [3.63, 3.8) is 0 Å². The Morgan fingerprint density at radius 2 is 1.89 bits per heavy atom. The zero-order chi connectivity index (χ0) is 26.6. The molecule has 12 heteroatoms. The molecule has 4 aromatic heterocycles. The average molecular weight is 514 g/mol. The number of aromatic carboxylic acids is 1. The van der Waals surface area contributed by atoms with E-state index < -0.39 is 5.97 Å². The summed E-state index contributed by atoms with van der Waals surface area (Å²) in [5.41, 5.74) is 3.73. The molecule has 2 N–H and O–H groups in total. The number of pyridine rings is 1. The molecule has 0 fully saturated rings. The molecule has 38 heavy (non-hydrogen) atoms. The second-order valence-electron chi connectivity index (χ2n) is 8.80. The number of carbonyl (C=O) groups is 1. The standard InChI is InChI=1S/C26H27N9O3/c1-3-5-8-18-16-34(24-21(25(36)37)14-28-35(24)4-2)26(38)33(18)15-17-11-12-22(27-13-17)19-9-6-7-10-20(19)23-29-31-32-30-23/h6-7,9-14,16H,3-5,8,15H2,1-2H3,(H,36,37)(H,29,30,31,32). The van der Waals surface area contributed by atoms with Gasteiger partial charge in [-0.15, -0.1) is 10.2 Å². The number of nitrogens with zero attached hydrogens (tertiary/aromatic N) is 8. The van der Waals surface area contributed by atoms with E-state index in [1.807, 2.05) is 43.3 Å². The molecule has 0 saturated heterocycles. The van der Waals surface area contributed by atoms with Crippen molar-refractivity contribution < 1.29 is 9.90 Å². The van der Waals surface area contributed by atoms with Crippen LogP contribution < -0.4 is 5.69 Å². The molecule has 0 aliphatic heterocycles.